The Kier molecular flexibility index (Phi) is 7.75. The third kappa shape index (κ3) is 6.68. The number of rotatable bonds is 8. The van der Waals surface area contributed by atoms with Crippen LogP contribution >= 0.6 is 0 Å². The van der Waals surface area contributed by atoms with E-state index in [9.17, 15) is 26.4 Å². The molecule has 2 aromatic carbocycles. The third-order valence-corrected chi connectivity index (χ3v) is 6.54. The Morgan fingerprint density at radius 1 is 1.03 bits per heavy atom. The molecule has 0 radical (unpaired) electrons. The Balaban J connectivity index is 1.84. The average Bonchev–Trinajstić information content (AvgIpc) is 2.75. The average molecular weight is 472 g/mol. The highest BCUT2D eigenvalue weighted by Gasteiger charge is 2.29. The summed E-state index contributed by atoms with van der Waals surface area (Å²) in [5.41, 5.74) is 0.00699. The highest BCUT2D eigenvalue weighted by atomic mass is 32.2. The summed E-state index contributed by atoms with van der Waals surface area (Å²) in [6.07, 6.45) is -2.09. The number of carbonyl (C=O) groups excluding carboxylic acids is 1. The molecule has 7 nitrogen and oxygen atoms in total. The number of benzene rings is 2. The molecule has 0 bridgehead atoms. The molecule has 1 heterocycles. The van der Waals surface area contributed by atoms with Gasteiger partial charge < -0.3 is 14.8 Å². The molecule has 0 atom stereocenters. The maximum atomic E-state index is 13.0. The van der Waals surface area contributed by atoms with E-state index in [2.05, 4.69) is 10.1 Å². The smallest absolute Gasteiger partial charge is 0.411 e. The second-order valence-corrected chi connectivity index (χ2v) is 9.13. The number of ether oxygens (including phenoxy) is 2. The lowest BCUT2D eigenvalue weighted by molar-refractivity contribution is -0.174. The van der Waals surface area contributed by atoms with Gasteiger partial charge in [-0.2, -0.15) is 17.5 Å². The van der Waals surface area contributed by atoms with Crippen molar-refractivity contribution in [1.29, 1.82) is 0 Å². The molecule has 1 amide bonds. The van der Waals surface area contributed by atoms with Crippen molar-refractivity contribution in [2.24, 2.45) is 0 Å². The summed E-state index contributed by atoms with van der Waals surface area (Å²) in [5.74, 6) is -0.305. The summed E-state index contributed by atoms with van der Waals surface area (Å²) < 4.78 is 74.3. The van der Waals surface area contributed by atoms with Crippen molar-refractivity contribution >= 4 is 21.6 Å². The first-order valence-electron chi connectivity index (χ1n) is 9.96. The van der Waals surface area contributed by atoms with Crippen LogP contribution < -0.4 is 10.1 Å². The van der Waals surface area contributed by atoms with Gasteiger partial charge >= 0.3 is 6.18 Å². The van der Waals surface area contributed by atoms with Gasteiger partial charge in [0.1, 0.15) is 19.0 Å². The standard InChI is InChI=1S/C21H23F3N2O5S/c22-21(23,24)15-30-14-20(27)25-18-13-17(32(28,29)26-11-5-2-6-12-26)9-10-19(18)31-16-7-3-1-4-8-16/h1,3-4,7-10,13H,2,5-6,11-12,14-15H2,(H,25,27). The van der Waals surface area contributed by atoms with Crippen LogP contribution in [0.1, 0.15) is 19.3 Å². The molecule has 174 valence electrons. The van der Waals surface area contributed by atoms with E-state index in [0.717, 1.165) is 19.3 Å². The zero-order chi connectivity index (χ0) is 23.2. The maximum absolute atomic E-state index is 13.0. The minimum absolute atomic E-state index is 0.00699. The first kappa shape index (κ1) is 24.0. The summed E-state index contributed by atoms with van der Waals surface area (Å²) in [6, 6.07) is 12.6. The Labute approximate surface area is 184 Å². The second kappa shape index (κ2) is 10.3. The normalized spacial score (nSPS) is 15.3. The van der Waals surface area contributed by atoms with E-state index in [-0.39, 0.29) is 16.3 Å². The minimum atomic E-state index is -4.57. The topological polar surface area (TPSA) is 84.9 Å². The van der Waals surface area contributed by atoms with Crippen LogP contribution in [-0.2, 0) is 19.6 Å². The van der Waals surface area contributed by atoms with Crippen LogP contribution in [0, 0.1) is 0 Å². The van der Waals surface area contributed by atoms with E-state index in [1.54, 1.807) is 30.3 Å². The number of carbonyl (C=O) groups is 1. The van der Waals surface area contributed by atoms with Gasteiger partial charge in [-0.1, -0.05) is 24.6 Å². The molecule has 1 N–H and O–H groups in total. The van der Waals surface area contributed by atoms with Crippen molar-refractivity contribution in [3.8, 4) is 11.5 Å². The van der Waals surface area contributed by atoms with Crippen molar-refractivity contribution in [3.05, 3.63) is 48.5 Å². The second-order valence-electron chi connectivity index (χ2n) is 7.19. The number of anilines is 1. The van der Waals surface area contributed by atoms with Crippen molar-refractivity contribution in [2.45, 2.75) is 30.3 Å². The number of sulfonamides is 1. The van der Waals surface area contributed by atoms with E-state index in [1.165, 1.54) is 22.5 Å². The molecule has 0 saturated carbocycles. The Bertz CT molecular complexity index is 1020. The van der Waals surface area contributed by atoms with Crippen molar-refractivity contribution in [3.63, 3.8) is 0 Å². The summed E-state index contributed by atoms with van der Waals surface area (Å²) >= 11 is 0. The number of nitrogens with one attached hydrogen (secondary N) is 1. The summed E-state index contributed by atoms with van der Waals surface area (Å²) in [5, 5.41) is 2.39. The van der Waals surface area contributed by atoms with Gasteiger partial charge in [0, 0.05) is 13.1 Å². The van der Waals surface area contributed by atoms with E-state index in [1.807, 2.05) is 0 Å². The lowest BCUT2D eigenvalue weighted by atomic mass is 10.2. The Morgan fingerprint density at radius 3 is 2.38 bits per heavy atom. The number of piperidine rings is 1. The highest BCUT2D eigenvalue weighted by Crippen LogP contribution is 2.33. The number of alkyl halides is 3. The molecule has 1 saturated heterocycles. The van der Waals surface area contributed by atoms with Gasteiger partial charge in [-0.15, -0.1) is 0 Å². The fraction of sp³-hybridized carbons (Fsp3) is 0.381. The number of halogens is 3. The summed E-state index contributed by atoms with van der Waals surface area (Å²) in [4.78, 5) is 12.1. The fourth-order valence-electron chi connectivity index (χ4n) is 3.17. The number of amides is 1. The SMILES string of the molecule is O=C(COCC(F)(F)F)Nc1cc(S(=O)(=O)N2CCCCC2)ccc1Oc1ccccc1. The van der Waals surface area contributed by atoms with Gasteiger partial charge in [0.15, 0.2) is 5.75 Å². The molecule has 1 aliphatic heterocycles. The first-order valence-corrected chi connectivity index (χ1v) is 11.4. The molecule has 32 heavy (non-hydrogen) atoms. The monoisotopic (exact) mass is 472 g/mol. The quantitative estimate of drug-likeness (QED) is 0.623. The van der Waals surface area contributed by atoms with Crippen LogP contribution in [-0.4, -0.2) is 51.1 Å². The van der Waals surface area contributed by atoms with Gasteiger partial charge in [0.05, 0.1) is 10.6 Å². The van der Waals surface area contributed by atoms with Gasteiger partial charge in [0.2, 0.25) is 15.9 Å². The lowest BCUT2D eigenvalue weighted by Gasteiger charge is -2.26. The van der Waals surface area contributed by atoms with Crippen molar-refractivity contribution in [1.82, 2.24) is 4.31 Å². The molecular formula is C21H23F3N2O5S. The summed E-state index contributed by atoms with van der Waals surface area (Å²) in [7, 11) is -3.80. The third-order valence-electron chi connectivity index (χ3n) is 4.65. The Morgan fingerprint density at radius 2 is 1.72 bits per heavy atom. The largest absolute Gasteiger partial charge is 0.455 e. The lowest BCUT2D eigenvalue weighted by Crippen LogP contribution is -2.35. The molecule has 1 fully saturated rings. The summed E-state index contributed by atoms with van der Waals surface area (Å²) in [6.45, 7) is -1.63. The number of nitrogens with zero attached hydrogens (tertiary/aromatic N) is 1. The van der Waals surface area contributed by atoms with Gasteiger partial charge in [-0.25, -0.2) is 8.42 Å². The van der Waals surface area contributed by atoms with Crippen LogP contribution in [0.3, 0.4) is 0 Å². The molecule has 1 aliphatic rings. The van der Waals surface area contributed by atoms with Crippen LogP contribution in [0.2, 0.25) is 0 Å². The Hall–Kier alpha value is -2.63. The number of hydrogen-bond donors (Lipinski definition) is 1. The molecule has 0 unspecified atom stereocenters. The molecular weight excluding hydrogens is 449 g/mol. The molecule has 3 rings (SSSR count). The first-order chi connectivity index (χ1) is 15.1. The molecule has 0 aromatic heterocycles. The number of hydrogen-bond acceptors (Lipinski definition) is 5. The van der Waals surface area contributed by atoms with Gasteiger partial charge in [0.25, 0.3) is 0 Å². The maximum Gasteiger partial charge on any atom is 0.411 e. The zero-order valence-corrected chi connectivity index (χ0v) is 17.9. The molecule has 11 heteroatoms. The molecule has 0 spiro atoms. The van der Waals surface area contributed by atoms with Crippen LogP contribution in [0.5, 0.6) is 11.5 Å². The van der Waals surface area contributed by atoms with Crippen LogP contribution in [0.25, 0.3) is 0 Å². The van der Waals surface area contributed by atoms with E-state index < -0.39 is 35.3 Å². The van der Waals surface area contributed by atoms with Crippen molar-refractivity contribution < 1.29 is 35.9 Å². The van der Waals surface area contributed by atoms with E-state index in [0.29, 0.717) is 18.8 Å². The molecule has 0 aliphatic carbocycles. The fourth-order valence-corrected chi connectivity index (χ4v) is 4.72. The van der Waals surface area contributed by atoms with E-state index >= 15 is 0 Å². The van der Waals surface area contributed by atoms with Crippen LogP contribution in [0.15, 0.2) is 53.4 Å². The number of para-hydroxylation sites is 1. The predicted octanol–water partition coefficient (Wildman–Crippen LogP) is 4.17. The van der Waals surface area contributed by atoms with Crippen molar-refractivity contribution in [2.75, 3.05) is 31.6 Å². The van der Waals surface area contributed by atoms with Gasteiger partial charge in [-0.3, -0.25) is 4.79 Å². The minimum Gasteiger partial charge on any atom is -0.455 e. The highest BCUT2D eigenvalue weighted by molar-refractivity contribution is 7.89. The van der Waals surface area contributed by atoms with Gasteiger partial charge in [-0.05, 0) is 43.2 Å². The zero-order valence-electron chi connectivity index (χ0n) is 17.1. The molecule has 2 aromatic rings. The van der Waals surface area contributed by atoms with E-state index in [4.69, 9.17) is 4.74 Å². The predicted molar refractivity (Wildman–Crippen MR) is 111 cm³/mol. The van der Waals surface area contributed by atoms with Crippen LogP contribution in [0.4, 0.5) is 18.9 Å².